The topological polar surface area (TPSA) is 228 Å². The van der Waals surface area contributed by atoms with Crippen molar-refractivity contribution in [3.8, 4) is 0 Å². The molecule has 2 saturated heterocycles. The average molecular weight is 1110 g/mol. The molecule has 12 unspecified atom stereocenters. The molecule has 2 aliphatic rings. The van der Waals surface area contributed by atoms with Gasteiger partial charge in [-0.15, -0.1) is 0 Å². The first-order valence-corrected chi connectivity index (χ1v) is 31.9. The highest BCUT2D eigenvalue weighted by molar-refractivity contribution is 5.76. The maximum absolute atomic E-state index is 13.3. The number of ether oxygens (including phenoxy) is 4. The van der Waals surface area contributed by atoms with Gasteiger partial charge in [-0.1, -0.05) is 229 Å². The number of aliphatic hydroxyl groups excluding tert-OH is 8. The number of aliphatic hydroxyl groups is 8. The van der Waals surface area contributed by atoms with Gasteiger partial charge in [0.15, 0.2) is 12.6 Å². The molecule has 14 nitrogen and oxygen atoms in total. The summed E-state index contributed by atoms with van der Waals surface area (Å²) in [7, 11) is 0. The van der Waals surface area contributed by atoms with Gasteiger partial charge in [0.1, 0.15) is 48.8 Å². The molecule has 0 radical (unpaired) electrons. The zero-order valence-electron chi connectivity index (χ0n) is 49.2. The summed E-state index contributed by atoms with van der Waals surface area (Å²) < 4.78 is 22.8. The van der Waals surface area contributed by atoms with Crippen LogP contribution < -0.4 is 5.32 Å². The fourth-order valence-corrected chi connectivity index (χ4v) is 10.3. The van der Waals surface area contributed by atoms with E-state index in [1.54, 1.807) is 6.08 Å². The molecule has 0 aliphatic carbocycles. The van der Waals surface area contributed by atoms with Crippen molar-refractivity contribution in [2.45, 2.75) is 331 Å². The van der Waals surface area contributed by atoms with Crippen molar-refractivity contribution < 1.29 is 64.6 Å². The van der Waals surface area contributed by atoms with Crippen molar-refractivity contribution in [1.82, 2.24) is 5.32 Å². The number of nitrogens with one attached hydrogen (secondary N) is 1. The summed E-state index contributed by atoms with van der Waals surface area (Å²) in [4.78, 5) is 13.3. The zero-order valence-corrected chi connectivity index (χ0v) is 49.2. The number of rotatable bonds is 51. The summed E-state index contributed by atoms with van der Waals surface area (Å²) in [6.07, 6.45) is 45.9. The number of hydrogen-bond donors (Lipinski definition) is 9. The number of carbonyl (C=O) groups excluding carboxylic acids is 1. The molecule has 2 heterocycles. The van der Waals surface area contributed by atoms with E-state index in [2.05, 4.69) is 55.6 Å². The molecule has 12 atom stereocenters. The molecule has 2 rings (SSSR count). The third-order valence-corrected chi connectivity index (χ3v) is 15.5. The number of carbonyl (C=O) groups is 1. The molecule has 0 aromatic heterocycles. The molecule has 14 heteroatoms. The van der Waals surface area contributed by atoms with Crippen LogP contribution >= 0.6 is 0 Å². The Morgan fingerprint density at radius 2 is 0.821 bits per heavy atom. The second-order valence-electron chi connectivity index (χ2n) is 22.5. The predicted octanol–water partition coefficient (Wildman–Crippen LogP) is 11.6. The lowest BCUT2D eigenvalue weighted by Crippen LogP contribution is -2.65. The lowest BCUT2D eigenvalue weighted by molar-refractivity contribution is -0.359. The van der Waals surface area contributed by atoms with Crippen molar-refractivity contribution in [2.24, 2.45) is 0 Å². The van der Waals surface area contributed by atoms with Gasteiger partial charge in [-0.25, -0.2) is 0 Å². The summed E-state index contributed by atoms with van der Waals surface area (Å²) in [6, 6.07) is -0.941. The fourth-order valence-electron chi connectivity index (χ4n) is 10.3. The molecule has 0 saturated carbocycles. The second kappa shape index (κ2) is 49.5. The van der Waals surface area contributed by atoms with E-state index in [-0.39, 0.29) is 18.9 Å². The summed E-state index contributed by atoms with van der Waals surface area (Å²) >= 11 is 0. The van der Waals surface area contributed by atoms with Gasteiger partial charge in [0.25, 0.3) is 0 Å². The van der Waals surface area contributed by atoms with Crippen molar-refractivity contribution in [3.63, 3.8) is 0 Å². The molecule has 0 spiro atoms. The van der Waals surface area contributed by atoms with Gasteiger partial charge >= 0.3 is 0 Å². The molecular formula is C64H117NO13. The molecular weight excluding hydrogens is 991 g/mol. The fraction of sp³-hybridized carbons (Fsp3) is 0.859. The smallest absolute Gasteiger partial charge is 0.220 e. The van der Waals surface area contributed by atoms with E-state index >= 15 is 0 Å². The van der Waals surface area contributed by atoms with E-state index in [0.29, 0.717) is 12.8 Å². The van der Waals surface area contributed by atoms with Crippen molar-refractivity contribution in [1.29, 1.82) is 0 Å². The van der Waals surface area contributed by atoms with Crippen LogP contribution in [-0.2, 0) is 23.7 Å². The van der Waals surface area contributed by atoms with Gasteiger partial charge in [-0.2, -0.15) is 0 Å². The van der Waals surface area contributed by atoms with Crippen LogP contribution in [0.1, 0.15) is 258 Å². The summed E-state index contributed by atoms with van der Waals surface area (Å²) in [5, 5.41) is 87.1. The van der Waals surface area contributed by atoms with Crippen LogP contribution in [0, 0.1) is 0 Å². The lowest BCUT2D eigenvalue weighted by atomic mass is 9.97. The Morgan fingerprint density at radius 3 is 1.26 bits per heavy atom. The van der Waals surface area contributed by atoms with E-state index in [0.717, 1.165) is 51.4 Å². The maximum Gasteiger partial charge on any atom is 0.220 e. The van der Waals surface area contributed by atoms with Gasteiger partial charge in [0, 0.05) is 6.42 Å². The normalized spacial score (nSPS) is 24.8. The number of unbranched alkanes of at least 4 members (excludes halogenated alkanes) is 32. The first-order valence-electron chi connectivity index (χ1n) is 31.9. The highest BCUT2D eigenvalue weighted by atomic mass is 16.7. The number of amides is 1. The Balaban J connectivity index is 1.75. The minimum Gasteiger partial charge on any atom is -0.394 e. The standard InChI is InChI=1S/C64H117NO13/c1-3-5-7-9-11-13-15-17-19-21-22-23-24-25-26-27-28-29-30-32-33-35-37-39-41-43-45-47-53(68)52(65-56(69)48-46-44-42-40-38-36-34-31-20-18-16-14-12-10-8-6-4-2)51-75-63-61(74)59(72)62(55(50-67)77-63)78-64-60(73)58(71)57(70)54(49-66)76-64/h18,20,30,32,37,39,45,47,52-55,57-64,66-68,70-74H,3-17,19,21-29,31,33-36,38,40-44,46,48-51H2,1-2H3,(H,65,69)/b20-18-,32-30+,39-37+,47-45+. The van der Waals surface area contributed by atoms with Crippen molar-refractivity contribution in [3.05, 3.63) is 48.6 Å². The van der Waals surface area contributed by atoms with E-state index in [1.165, 1.54) is 173 Å². The Labute approximate surface area is 473 Å². The lowest BCUT2D eigenvalue weighted by Gasteiger charge is -2.46. The Morgan fingerprint density at radius 1 is 0.449 bits per heavy atom. The predicted molar refractivity (Wildman–Crippen MR) is 314 cm³/mol. The molecule has 9 N–H and O–H groups in total. The minimum atomic E-state index is -1.79. The summed E-state index contributed by atoms with van der Waals surface area (Å²) in [5.41, 5.74) is 0. The van der Waals surface area contributed by atoms with E-state index in [9.17, 15) is 45.6 Å². The molecule has 2 fully saturated rings. The molecule has 0 aromatic carbocycles. The summed E-state index contributed by atoms with van der Waals surface area (Å²) in [6.45, 7) is 2.78. The van der Waals surface area contributed by atoms with Crippen molar-refractivity contribution in [2.75, 3.05) is 19.8 Å². The highest BCUT2D eigenvalue weighted by Crippen LogP contribution is 2.30. The largest absolute Gasteiger partial charge is 0.394 e. The van der Waals surface area contributed by atoms with E-state index in [4.69, 9.17) is 18.9 Å². The van der Waals surface area contributed by atoms with Crippen LogP contribution in [0.15, 0.2) is 48.6 Å². The molecule has 0 bridgehead atoms. The third-order valence-electron chi connectivity index (χ3n) is 15.5. The number of allylic oxidation sites excluding steroid dienone is 7. The van der Waals surface area contributed by atoms with Crippen LogP contribution in [0.4, 0.5) is 0 Å². The van der Waals surface area contributed by atoms with E-state index in [1.807, 2.05) is 6.08 Å². The molecule has 0 aromatic rings. The number of hydrogen-bond acceptors (Lipinski definition) is 13. The van der Waals surface area contributed by atoms with Gasteiger partial charge < -0.3 is 65.1 Å². The SMILES string of the molecule is CCCCCCCC/C=C\CCCCCCCCCC(=O)NC(COC1OC(CO)C(OC2OC(CO)C(O)C(O)C2O)C(O)C1O)C(O)/C=C/CC/C=C/CC/C=C/CCCCCCCCCCCCCCCCCCC. The van der Waals surface area contributed by atoms with Gasteiger partial charge in [0.05, 0.1) is 32.0 Å². The molecule has 1 amide bonds. The maximum atomic E-state index is 13.3. The van der Waals surface area contributed by atoms with Crippen LogP contribution in [0.25, 0.3) is 0 Å². The van der Waals surface area contributed by atoms with E-state index < -0.39 is 86.8 Å². The van der Waals surface area contributed by atoms with Crippen LogP contribution in [0.5, 0.6) is 0 Å². The second-order valence-corrected chi connectivity index (χ2v) is 22.5. The Hall–Kier alpha value is -2.05. The monoisotopic (exact) mass is 1110 g/mol. The average Bonchev–Trinajstić information content (AvgIpc) is 3.48. The minimum absolute atomic E-state index is 0.257. The van der Waals surface area contributed by atoms with Crippen molar-refractivity contribution >= 4 is 5.91 Å². The molecule has 2 aliphatic heterocycles. The summed E-state index contributed by atoms with van der Waals surface area (Å²) in [5.74, 6) is -0.257. The van der Waals surface area contributed by atoms with Gasteiger partial charge in [-0.05, 0) is 70.6 Å². The first-order chi connectivity index (χ1) is 38.1. The zero-order chi connectivity index (χ0) is 56.7. The highest BCUT2D eigenvalue weighted by Gasteiger charge is 2.51. The Bertz CT molecular complexity index is 1490. The third kappa shape index (κ3) is 34.4. The van der Waals surface area contributed by atoms with Gasteiger partial charge in [0.2, 0.25) is 5.91 Å². The molecule has 78 heavy (non-hydrogen) atoms. The molecule has 456 valence electrons. The van der Waals surface area contributed by atoms with Gasteiger partial charge in [-0.3, -0.25) is 4.79 Å². The Kier molecular flexibility index (Phi) is 45.8. The van der Waals surface area contributed by atoms with Crippen LogP contribution in [0.3, 0.4) is 0 Å². The quantitative estimate of drug-likeness (QED) is 0.0204. The van der Waals surface area contributed by atoms with Crippen LogP contribution in [0.2, 0.25) is 0 Å². The first kappa shape index (κ1) is 72.1. The van der Waals surface area contributed by atoms with Crippen LogP contribution in [-0.4, -0.2) is 140 Å².